The molecule has 3 aliphatic rings. The van der Waals surface area contributed by atoms with E-state index in [1.54, 1.807) is 13.0 Å². The van der Waals surface area contributed by atoms with Gasteiger partial charge in [0.1, 0.15) is 12.4 Å². The van der Waals surface area contributed by atoms with Gasteiger partial charge in [-0.15, -0.1) is 0 Å². The number of rotatable bonds is 7. The topological polar surface area (TPSA) is 87.9 Å². The normalized spacial score (nSPS) is 24.5. The molecule has 1 aromatic heterocycles. The molecule has 0 spiro atoms. The summed E-state index contributed by atoms with van der Waals surface area (Å²) >= 11 is 0. The number of carbonyl (C=O) groups is 2. The van der Waals surface area contributed by atoms with Crippen molar-refractivity contribution in [2.24, 2.45) is 11.8 Å². The van der Waals surface area contributed by atoms with E-state index >= 15 is 0 Å². The van der Waals surface area contributed by atoms with E-state index in [1.807, 2.05) is 4.90 Å². The molecule has 1 aliphatic carbocycles. The lowest BCUT2D eigenvalue weighted by atomic mass is 9.95. The third-order valence-corrected chi connectivity index (χ3v) is 5.97. The maximum Gasteiger partial charge on any atom is 0.273 e. The second-order valence-electron chi connectivity index (χ2n) is 8.45. The van der Waals surface area contributed by atoms with Gasteiger partial charge < -0.3 is 24.4 Å². The molecule has 154 valence electrons. The minimum absolute atomic E-state index is 0.0510. The van der Waals surface area contributed by atoms with E-state index in [4.69, 9.17) is 9.26 Å². The van der Waals surface area contributed by atoms with E-state index in [-0.39, 0.29) is 30.2 Å². The molecule has 1 N–H and O–H groups in total. The smallest absolute Gasteiger partial charge is 0.273 e. The largest absolute Gasteiger partial charge is 0.365 e. The van der Waals surface area contributed by atoms with Crippen LogP contribution >= 0.6 is 0 Å². The Morgan fingerprint density at radius 1 is 1.21 bits per heavy atom. The average molecular weight is 390 g/mol. The maximum atomic E-state index is 12.3. The number of hydrogen-bond donors (Lipinski definition) is 1. The van der Waals surface area contributed by atoms with Crippen molar-refractivity contribution in [3.63, 3.8) is 0 Å². The van der Waals surface area contributed by atoms with Crippen molar-refractivity contribution in [2.45, 2.75) is 38.7 Å². The number of likely N-dealkylation sites (tertiary alicyclic amines) is 1. The second-order valence-corrected chi connectivity index (χ2v) is 8.45. The van der Waals surface area contributed by atoms with Crippen molar-refractivity contribution in [1.29, 1.82) is 0 Å². The van der Waals surface area contributed by atoms with Gasteiger partial charge in [-0.3, -0.25) is 9.59 Å². The Bertz CT molecular complexity index is 694. The minimum atomic E-state index is -0.285. The molecule has 3 fully saturated rings. The van der Waals surface area contributed by atoms with Crippen LogP contribution in [0.5, 0.6) is 0 Å². The molecule has 28 heavy (non-hydrogen) atoms. The molecule has 0 bridgehead atoms. The van der Waals surface area contributed by atoms with Crippen molar-refractivity contribution in [2.75, 3.05) is 45.9 Å². The summed E-state index contributed by atoms with van der Waals surface area (Å²) in [6, 6.07) is 1.60. The molecule has 8 heteroatoms. The molecule has 1 aromatic rings. The van der Waals surface area contributed by atoms with E-state index in [0.29, 0.717) is 24.8 Å². The molecule has 3 heterocycles. The van der Waals surface area contributed by atoms with E-state index in [1.165, 1.54) is 19.4 Å². The number of morpholine rings is 1. The average Bonchev–Trinajstić information content (AvgIpc) is 3.40. The highest BCUT2D eigenvalue weighted by molar-refractivity contribution is 5.92. The highest BCUT2D eigenvalue weighted by Gasteiger charge is 2.31. The summed E-state index contributed by atoms with van der Waals surface area (Å²) in [5, 5.41) is 6.54. The molecular weight excluding hydrogens is 360 g/mol. The lowest BCUT2D eigenvalue weighted by Crippen LogP contribution is -2.52. The van der Waals surface area contributed by atoms with E-state index in [0.717, 1.165) is 38.4 Å². The Balaban J connectivity index is 1.21. The third kappa shape index (κ3) is 5.11. The Hall–Kier alpha value is -1.93. The van der Waals surface area contributed by atoms with Crippen LogP contribution in [-0.2, 0) is 9.53 Å². The fourth-order valence-electron chi connectivity index (χ4n) is 4.08. The summed E-state index contributed by atoms with van der Waals surface area (Å²) in [7, 11) is 0. The van der Waals surface area contributed by atoms with Gasteiger partial charge in [0.05, 0.1) is 6.10 Å². The van der Waals surface area contributed by atoms with Gasteiger partial charge in [-0.05, 0) is 57.5 Å². The summed E-state index contributed by atoms with van der Waals surface area (Å²) in [6.07, 6.45) is 4.92. The van der Waals surface area contributed by atoms with Crippen molar-refractivity contribution in [3.05, 3.63) is 17.5 Å². The van der Waals surface area contributed by atoms with E-state index in [9.17, 15) is 9.59 Å². The number of nitrogens with zero attached hydrogens (tertiary/aromatic N) is 3. The van der Waals surface area contributed by atoms with Gasteiger partial charge in [-0.2, -0.15) is 0 Å². The summed E-state index contributed by atoms with van der Waals surface area (Å²) in [5.41, 5.74) is 0.263. The molecule has 1 saturated carbocycles. The van der Waals surface area contributed by atoms with Gasteiger partial charge in [0.25, 0.3) is 5.91 Å². The van der Waals surface area contributed by atoms with Crippen molar-refractivity contribution in [3.8, 4) is 0 Å². The van der Waals surface area contributed by atoms with Crippen LogP contribution in [0.15, 0.2) is 10.6 Å². The molecule has 2 saturated heterocycles. The first-order valence-corrected chi connectivity index (χ1v) is 10.4. The zero-order valence-corrected chi connectivity index (χ0v) is 16.6. The van der Waals surface area contributed by atoms with E-state index < -0.39 is 0 Å². The van der Waals surface area contributed by atoms with Gasteiger partial charge in [0.2, 0.25) is 5.91 Å². The number of nitrogens with one attached hydrogen (secondary N) is 1. The molecule has 4 rings (SSSR count). The number of aryl methyl sites for hydroxylation is 1. The molecule has 2 amide bonds. The molecule has 0 radical (unpaired) electrons. The molecule has 0 aromatic carbocycles. The first-order valence-electron chi connectivity index (χ1n) is 10.4. The Morgan fingerprint density at radius 3 is 2.64 bits per heavy atom. The van der Waals surface area contributed by atoms with Crippen LogP contribution in [0.2, 0.25) is 0 Å². The number of aromatic nitrogens is 1. The lowest BCUT2D eigenvalue weighted by molar-refractivity contribution is -0.149. The molecule has 0 unspecified atom stereocenters. The molecule has 1 atom stereocenters. The van der Waals surface area contributed by atoms with Gasteiger partial charge >= 0.3 is 0 Å². The van der Waals surface area contributed by atoms with Crippen LogP contribution in [0.25, 0.3) is 0 Å². The quantitative estimate of drug-likeness (QED) is 0.749. The molecular formula is C20H30N4O4. The Morgan fingerprint density at radius 2 is 1.96 bits per heavy atom. The number of amides is 2. The predicted molar refractivity (Wildman–Crippen MR) is 102 cm³/mol. The first kappa shape index (κ1) is 19.4. The third-order valence-electron chi connectivity index (χ3n) is 5.97. The van der Waals surface area contributed by atoms with Gasteiger partial charge in [-0.1, -0.05) is 5.16 Å². The van der Waals surface area contributed by atoms with E-state index in [2.05, 4.69) is 15.4 Å². The van der Waals surface area contributed by atoms with Crippen molar-refractivity contribution >= 4 is 11.8 Å². The SMILES string of the molecule is Cc1cc(C(=O)NC[C@H]2CN(CC3CCN(CC4CC4)CC3)C(=O)CO2)no1. The van der Waals surface area contributed by atoms with Crippen LogP contribution in [0.1, 0.15) is 41.9 Å². The lowest BCUT2D eigenvalue weighted by Gasteiger charge is -2.38. The van der Waals surface area contributed by atoms with Gasteiger partial charge in [-0.25, -0.2) is 0 Å². The summed E-state index contributed by atoms with van der Waals surface area (Å²) in [4.78, 5) is 28.9. The zero-order valence-electron chi connectivity index (χ0n) is 16.6. The number of carbonyl (C=O) groups excluding carboxylic acids is 2. The summed E-state index contributed by atoms with van der Waals surface area (Å²) < 4.78 is 10.5. The standard InChI is InChI=1S/C20H30N4O4/c1-14-8-18(22-28-14)20(26)21-9-17-12-24(19(25)13-27-17)11-16-4-6-23(7-5-16)10-15-2-3-15/h8,15-17H,2-7,9-13H2,1H3,(H,21,26)/t17-/m0/s1. The van der Waals surface area contributed by atoms with Crippen molar-refractivity contribution in [1.82, 2.24) is 20.3 Å². The van der Waals surface area contributed by atoms with Crippen LogP contribution < -0.4 is 5.32 Å². The maximum absolute atomic E-state index is 12.3. The molecule has 2 aliphatic heterocycles. The number of ether oxygens (including phenoxy) is 1. The van der Waals surface area contributed by atoms with Gasteiger partial charge in [0.15, 0.2) is 5.69 Å². The monoisotopic (exact) mass is 390 g/mol. The Kier molecular flexibility index (Phi) is 5.96. The van der Waals surface area contributed by atoms with Crippen molar-refractivity contribution < 1.29 is 18.8 Å². The fourth-order valence-corrected chi connectivity index (χ4v) is 4.08. The van der Waals surface area contributed by atoms with Crippen LogP contribution in [0, 0.1) is 18.8 Å². The number of hydrogen-bond acceptors (Lipinski definition) is 6. The summed E-state index contributed by atoms with van der Waals surface area (Å²) in [6.45, 7) is 7.07. The highest BCUT2D eigenvalue weighted by Crippen LogP contribution is 2.31. The fraction of sp³-hybridized carbons (Fsp3) is 0.750. The van der Waals surface area contributed by atoms with Gasteiger partial charge in [0, 0.05) is 32.2 Å². The zero-order chi connectivity index (χ0) is 19.5. The predicted octanol–water partition coefficient (Wildman–Crippen LogP) is 1.06. The Labute approximate surface area is 165 Å². The highest BCUT2D eigenvalue weighted by atomic mass is 16.5. The van der Waals surface area contributed by atoms with Crippen LogP contribution in [0.3, 0.4) is 0 Å². The minimum Gasteiger partial charge on any atom is -0.365 e. The van der Waals surface area contributed by atoms with Crippen LogP contribution in [-0.4, -0.2) is 78.8 Å². The molecule has 8 nitrogen and oxygen atoms in total. The second kappa shape index (κ2) is 8.61. The van der Waals surface area contributed by atoms with Crippen LogP contribution in [0.4, 0.5) is 0 Å². The number of piperidine rings is 1. The first-order chi connectivity index (χ1) is 13.6. The summed E-state index contributed by atoms with van der Waals surface area (Å²) in [5.74, 6) is 1.86.